The minimum atomic E-state index is -4.79. The van der Waals surface area contributed by atoms with Gasteiger partial charge in [0.05, 0.1) is 10.6 Å². The van der Waals surface area contributed by atoms with Crippen LogP contribution in [0.25, 0.3) is 10.6 Å². The number of alkyl halides is 3. The number of halogens is 3. The molecule has 0 saturated carbocycles. The first-order valence-corrected chi connectivity index (χ1v) is 6.85. The molecule has 0 spiro atoms. The van der Waals surface area contributed by atoms with Crippen LogP contribution < -0.4 is 11.4 Å². The lowest BCUT2D eigenvalue weighted by molar-refractivity contribution is -0.384. The van der Waals surface area contributed by atoms with E-state index in [0.29, 0.717) is 9.08 Å². The number of aromatic nitrogens is 4. The van der Waals surface area contributed by atoms with E-state index in [-0.39, 0.29) is 22.7 Å². The lowest BCUT2D eigenvalue weighted by Crippen LogP contribution is -2.38. The maximum atomic E-state index is 12.7. The van der Waals surface area contributed by atoms with Crippen molar-refractivity contribution in [1.82, 2.24) is 19.2 Å². The predicted octanol–water partition coefficient (Wildman–Crippen LogP) is 1.23. The van der Waals surface area contributed by atoms with Crippen molar-refractivity contribution in [3.05, 3.63) is 60.4 Å². The molecule has 0 aliphatic carbocycles. The number of fused-ring (bicyclic) bond motifs is 1. The van der Waals surface area contributed by atoms with Crippen LogP contribution in [0.1, 0.15) is 5.01 Å². The molecule has 0 saturated heterocycles. The summed E-state index contributed by atoms with van der Waals surface area (Å²) in [6.07, 6.45) is -4.79. The summed E-state index contributed by atoms with van der Waals surface area (Å²) in [6, 6.07) is 4.29. The number of nitro benzene ring substituents is 1. The number of benzene rings is 1. The van der Waals surface area contributed by atoms with Crippen LogP contribution >= 0.6 is 11.3 Å². The zero-order chi connectivity index (χ0) is 17.6. The summed E-state index contributed by atoms with van der Waals surface area (Å²) in [7, 11) is 0. The highest BCUT2D eigenvalue weighted by Gasteiger charge is 2.36. The van der Waals surface area contributed by atoms with E-state index in [0.717, 1.165) is 24.3 Å². The van der Waals surface area contributed by atoms with Gasteiger partial charge in [0, 0.05) is 12.1 Å². The fraction of sp³-hybridized carbons (Fsp3) is 0.0909. The van der Waals surface area contributed by atoms with Crippen molar-refractivity contribution < 1.29 is 18.1 Å². The topological polar surface area (TPSA) is 112 Å². The van der Waals surface area contributed by atoms with E-state index in [1.807, 2.05) is 0 Å². The largest absolute Gasteiger partial charge is 0.445 e. The Bertz CT molecular complexity index is 1070. The molecule has 0 aliphatic heterocycles. The summed E-state index contributed by atoms with van der Waals surface area (Å²) in [5, 5.41) is 12.4. The van der Waals surface area contributed by atoms with Crippen LogP contribution in [-0.4, -0.2) is 24.1 Å². The summed E-state index contributed by atoms with van der Waals surface area (Å²) >= 11 is 0.0559. The average molecular weight is 359 g/mol. The number of hydrogen-bond donors (Lipinski definition) is 0. The molecule has 3 rings (SSSR count). The molecule has 0 bridgehead atoms. The summed E-state index contributed by atoms with van der Waals surface area (Å²) in [5.41, 5.74) is -2.65. The minimum Gasteiger partial charge on any atom is -0.258 e. The molecule has 24 heavy (non-hydrogen) atoms. The Morgan fingerprint density at radius 2 is 1.79 bits per heavy atom. The molecule has 0 N–H and O–H groups in total. The second-order valence-corrected chi connectivity index (χ2v) is 5.34. The van der Waals surface area contributed by atoms with Crippen molar-refractivity contribution in [3.8, 4) is 5.69 Å². The van der Waals surface area contributed by atoms with E-state index in [1.54, 1.807) is 0 Å². The van der Waals surface area contributed by atoms with Crippen molar-refractivity contribution in [3.63, 3.8) is 0 Å². The number of rotatable bonds is 2. The predicted molar refractivity (Wildman–Crippen MR) is 74.4 cm³/mol. The van der Waals surface area contributed by atoms with Gasteiger partial charge in [0.25, 0.3) is 5.69 Å². The first kappa shape index (κ1) is 15.8. The summed E-state index contributed by atoms with van der Waals surface area (Å²) in [5.74, 6) is 0. The van der Waals surface area contributed by atoms with Crippen LogP contribution in [0.3, 0.4) is 0 Å². The Morgan fingerprint density at radius 3 is 2.33 bits per heavy atom. The van der Waals surface area contributed by atoms with Gasteiger partial charge >= 0.3 is 17.6 Å². The fourth-order valence-electron chi connectivity index (χ4n) is 1.85. The number of hydrogen-bond acceptors (Lipinski definition) is 7. The quantitative estimate of drug-likeness (QED) is 0.502. The zero-order valence-electron chi connectivity index (χ0n) is 11.2. The van der Waals surface area contributed by atoms with Crippen molar-refractivity contribution in [2.45, 2.75) is 6.18 Å². The first-order valence-electron chi connectivity index (χ1n) is 6.03. The molecule has 0 unspecified atom stereocenters. The summed E-state index contributed by atoms with van der Waals surface area (Å²) < 4.78 is 38.8. The van der Waals surface area contributed by atoms with Crippen molar-refractivity contribution >= 4 is 22.0 Å². The highest BCUT2D eigenvalue weighted by molar-refractivity contribution is 7.16. The maximum absolute atomic E-state index is 12.7. The minimum absolute atomic E-state index is 0.0559. The molecule has 2 heterocycles. The van der Waals surface area contributed by atoms with Crippen LogP contribution in [0.15, 0.2) is 33.9 Å². The first-order chi connectivity index (χ1) is 11.2. The van der Waals surface area contributed by atoms with Crippen LogP contribution in [0, 0.1) is 10.1 Å². The Hall–Kier alpha value is -3.09. The lowest BCUT2D eigenvalue weighted by atomic mass is 10.3. The molecule has 124 valence electrons. The summed E-state index contributed by atoms with van der Waals surface area (Å²) in [4.78, 5) is 37.0. The molecule has 3 aromatic rings. The Labute approximate surface area is 132 Å². The fourth-order valence-corrected chi connectivity index (χ4v) is 2.59. The molecule has 0 aliphatic rings. The Kier molecular flexibility index (Phi) is 3.44. The van der Waals surface area contributed by atoms with E-state index >= 15 is 0 Å². The molecule has 0 radical (unpaired) electrons. The Balaban J connectivity index is 2.23. The van der Waals surface area contributed by atoms with Crippen molar-refractivity contribution in [1.29, 1.82) is 0 Å². The van der Waals surface area contributed by atoms with Crippen LogP contribution in [-0.2, 0) is 6.18 Å². The third kappa shape index (κ3) is 2.54. The van der Waals surface area contributed by atoms with E-state index in [9.17, 15) is 32.9 Å². The smallest absolute Gasteiger partial charge is 0.258 e. The van der Waals surface area contributed by atoms with Gasteiger partial charge in [-0.25, -0.2) is 14.2 Å². The standard InChI is InChI=1S/C11H4F3N5O4S/c12-11(13,14)7-16-18-9(24-7)15-8(20)17(10(18)21)5-1-3-6(4-2-5)19(22)23/h1-4H. The molecular weight excluding hydrogens is 355 g/mol. The monoisotopic (exact) mass is 359 g/mol. The van der Waals surface area contributed by atoms with Crippen LogP contribution in [0.2, 0.25) is 0 Å². The van der Waals surface area contributed by atoms with Gasteiger partial charge in [0.15, 0.2) is 0 Å². The second kappa shape index (κ2) is 5.23. The van der Waals surface area contributed by atoms with Gasteiger partial charge in [-0.1, -0.05) is 11.3 Å². The zero-order valence-corrected chi connectivity index (χ0v) is 12.0. The second-order valence-electron chi connectivity index (χ2n) is 4.39. The number of non-ortho nitro benzene ring substituents is 1. The van der Waals surface area contributed by atoms with Gasteiger partial charge in [-0.15, -0.1) is 5.10 Å². The van der Waals surface area contributed by atoms with Crippen molar-refractivity contribution in [2.24, 2.45) is 0 Å². The van der Waals surface area contributed by atoms with Crippen LogP contribution in [0.4, 0.5) is 18.9 Å². The van der Waals surface area contributed by atoms with Gasteiger partial charge in [-0.3, -0.25) is 10.1 Å². The van der Waals surface area contributed by atoms with Gasteiger partial charge < -0.3 is 0 Å². The SMILES string of the molecule is O=c1nc2sc(C(F)(F)F)nn2c(=O)n1-c1ccc([N+](=O)[O-])cc1. The number of nitro groups is 1. The highest BCUT2D eigenvalue weighted by atomic mass is 32.1. The normalized spacial score (nSPS) is 11.8. The molecule has 9 nitrogen and oxygen atoms in total. The van der Waals surface area contributed by atoms with E-state index in [4.69, 9.17) is 0 Å². The van der Waals surface area contributed by atoms with E-state index in [2.05, 4.69) is 10.1 Å². The Morgan fingerprint density at radius 1 is 1.17 bits per heavy atom. The maximum Gasteiger partial charge on any atom is 0.445 e. The van der Waals surface area contributed by atoms with E-state index in [1.165, 1.54) is 0 Å². The molecule has 0 amide bonds. The average Bonchev–Trinajstić information content (AvgIpc) is 2.92. The third-order valence-electron chi connectivity index (χ3n) is 2.88. The van der Waals surface area contributed by atoms with Crippen LogP contribution in [0.5, 0.6) is 0 Å². The van der Waals surface area contributed by atoms with Gasteiger partial charge in [-0.05, 0) is 12.1 Å². The molecule has 1 aromatic carbocycles. The molecule has 13 heteroatoms. The molecule has 0 atom stereocenters. The van der Waals surface area contributed by atoms with E-state index < -0.39 is 32.4 Å². The van der Waals surface area contributed by atoms with Gasteiger partial charge in [0.1, 0.15) is 0 Å². The summed E-state index contributed by atoms with van der Waals surface area (Å²) in [6.45, 7) is 0. The van der Waals surface area contributed by atoms with Gasteiger partial charge in [-0.2, -0.15) is 22.7 Å². The molecule has 0 fully saturated rings. The molecule has 2 aromatic heterocycles. The number of nitrogens with zero attached hydrogens (tertiary/aromatic N) is 5. The molecular formula is C11H4F3N5O4S. The van der Waals surface area contributed by atoms with Crippen molar-refractivity contribution in [2.75, 3.05) is 0 Å². The highest BCUT2D eigenvalue weighted by Crippen LogP contribution is 2.31. The third-order valence-corrected chi connectivity index (χ3v) is 3.83. The van der Waals surface area contributed by atoms with Gasteiger partial charge in [0.2, 0.25) is 9.97 Å². The lowest BCUT2D eigenvalue weighted by Gasteiger charge is -2.03.